The second-order valence-corrected chi connectivity index (χ2v) is 8.52. The van der Waals surface area contributed by atoms with E-state index in [1.165, 1.54) is 0 Å². The number of urea groups is 1. The van der Waals surface area contributed by atoms with Crippen LogP contribution in [0, 0.1) is 12.8 Å². The van der Waals surface area contributed by atoms with Crippen molar-refractivity contribution in [2.24, 2.45) is 5.92 Å². The minimum atomic E-state index is -0.297. The number of hydrogen-bond donors (Lipinski definition) is 3. The summed E-state index contributed by atoms with van der Waals surface area (Å²) in [4.78, 5) is 16.7. The van der Waals surface area contributed by atoms with Crippen LogP contribution in [0.5, 0.6) is 0 Å². The predicted molar refractivity (Wildman–Crippen MR) is 92.6 cm³/mol. The first-order valence-corrected chi connectivity index (χ1v) is 8.64. The molecule has 0 radical (unpaired) electrons. The van der Waals surface area contributed by atoms with E-state index < -0.39 is 0 Å². The molecular weight excluding hydrogens is 306 g/mol. The van der Waals surface area contributed by atoms with Gasteiger partial charge in [0.1, 0.15) is 6.04 Å². The Balaban J connectivity index is 2.01. The SMILES string of the molecule is Cc1noc(C(NC(=O)NC2CC(C)(C)NC(C)(C)C2)C(C)C)n1. The van der Waals surface area contributed by atoms with Gasteiger partial charge >= 0.3 is 6.03 Å². The topological polar surface area (TPSA) is 92.1 Å². The van der Waals surface area contributed by atoms with E-state index in [4.69, 9.17) is 4.52 Å². The first-order chi connectivity index (χ1) is 11.0. The van der Waals surface area contributed by atoms with Crippen LogP contribution in [0.15, 0.2) is 4.52 Å². The van der Waals surface area contributed by atoms with Crippen molar-refractivity contribution in [1.82, 2.24) is 26.1 Å². The van der Waals surface area contributed by atoms with E-state index in [2.05, 4.69) is 53.8 Å². The lowest BCUT2D eigenvalue weighted by molar-refractivity contribution is 0.146. The first-order valence-electron chi connectivity index (χ1n) is 8.64. The van der Waals surface area contributed by atoms with Crippen LogP contribution in [0.3, 0.4) is 0 Å². The Hall–Kier alpha value is -1.63. The Morgan fingerprint density at radius 3 is 2.29 bits per heavy atom. The molecule has 0 aliphatic carbocycles. The molecule has 1 atom stereocenters. The summed E-state index contributed by atoms with van der Waals surface area (Å²) in [5, 5.41) is 13.5. The predicted octanol–water partition coefficient (Wildman–Crippen LogP) is 2.68. The van der Waals surface area contributed by atoms with Crippen molar-refractivity contribution in [2.45, 2.75) is 84.5 Å². The lowest BCUT2D eigenvalue weighted by Crippen LogP contribution is -2.62. The highest BCUT2D eigenvalue weighted by Crippen LogP contribution is 2.28. The van der Waals surface area contributed by atoms with Gasteiger partial charge in [-0.3, -0.25) is 0 Å². The van der Waals surface area contributed by atoms with Crippen LogP contribution in [-0.4, -0.2) is 33.3 Å². The molecule has 1 aromatic rings. The zero-order valence-electron chi connectivity index (χ0n) is 15.9. The average Bonchev–Trinajstić information content (AvgIpc) is 2.77. The fraction of sp³-hybridized carbons (Fsp3) is 0.824. The Morgan fingerprint density at radius 1 is 1.25 bits per heavy atom. The number of piperidine rings is 1. The van der Waals surface area contributed by atoms with E-state index in [9.17, 15) is 4.79 Å². The molecule has 136 valence electrons. The smallest absolute Gasteiger partial charge is 0.315 e. The largest absolute Gasteiger partial charge is 0.337 e. The van der Waals surface area contributed by atoms with Gasteiger partial charge < -0.3 is 20.5 Å². The highest BCUT2D eigenvalue weighted by atomic mass is 16.5. The second kappa shape index (κ2) is 6.70. The maximum atomic E-state index is 12.5. The summed E-state index contributed by atoms with van der Waals surface area (Å²) in [6.45, 7) is 14.5. The highest BCUT2D eigenvalue weighted by Gasteiger charge is 2.38. The van der Waals surface area contributed by atoms with Crippen LogP contribution < -0.4 is 16.0 Å². The maximum Gasteiger partial charge on any atom is 0.315 e. The number of amides is 2. The monoisotopic (exact) mass is 337 g/mol. The lowest BCUT2D eigenvalue weighted by Gasteiger charge is -2.46. The molecule has 7 heteroatoms. The summed E-state index contributed by atoms with van der Waals surface area (Å²) in [5.74, 6) is 1.17. The van der Waals surface area contributed by atoms with Gasteiger partial charge in [0.25, 0.3) is 0 Å². The van der Waals surface area contributed by atoms with Gasteiger partial charge in [-0.15, -0.1) is 0 Å². The molecule has 3 N–H and O–H groups in total. The third-order valence-corrected chi connectivity index (χ3v) is 4.29. The van der Waals surface area contributed by atoms with Crippen molar-refractivity contribution in [2.75, 3.05) is 0 Å². The van der Waals surface area contributed by atoms with Gasteiger partial charge in [-0.05, 0) is 53.4 Å². The molecule has 1 unspecified atom stereocenters. The minimum Gasteiger partial charge on any atom is -0.337 e. The van der Waals surface area contributed by atoms with Gasteiger partial charge in [0.2, 0.25) is 5.89 Å². The molecule has 1 fully saturated rings. The summed E-state index contributed by atoms with van der Waals surface area (Å²) >= 11 is 0. The zero-order chi connectivity index (χ0) is 18.1. The standard InChI is InChI=1S/C17H31N5O2/c1-10(2)13(14-18-11(3)21-24-14)20-15(23)19-12-8-16(4,5)22-17(6,7)9-12/h10,12-13,22H,8-9H2,1-7H3,(H2,19,20,23). The van der Waals surface area contributed by atoms with Crippen LogP contribution in [0.2, 0.25) is 0 Å². The molecule has 7 nitrogen and oxygen atoms in total. The number of rotatable bonds is 4. The van der Waals surface area contributed by atoms with Gasteiger partial charge in [0.05, 0.1) is 0 Å². The van der Waals surface area contributed by atoms with Crippen LogP contribution in [0.25, 0.3) is 0 Å². The molecule has 0 saturated carbocycles. The molecule has 0 bridgehead atoms. The average molecular weight is 337 g/mol. The molecule has 1 aromatic heterocycles. The summed E-state index contributed by atoms with van der Waals surface area (Å²) in [7, 11) is 0. The Bertz CT molecular complexity index is 563. The van der Waals surface area contributed by atoms with E-state index in [-0.39, 0.29) is 35.1 Å². The van der Waals surface area contributed by atoms with Crippen molar-refractivity contribution < 1.29 is 9.32 Å². The Morgan fingerprint density at radius 2 is 1.83 bits per heavy atom. The van der Waals surface area contributed by atoms with Gasteiger partial charge in [0, 0.05) is 17.1 Å². The van der Waals surface area contributed by atoms with Crippen LogP contribution >= 0.6 is 0 Å². The molecule has 0 spiro atoms. The fourth-order valence-corrected chi connectivity index (χ4v) is 3.75. The second-order valence-electron chi connectivity index (χ2n) is 8.52. The summed E-state index contributed by atoms with van der Waals surface area (Å²) in [6.07, 6.45) is 1.77. The summed E-state index contributed by atoms with van der Waals surface area (Å²) in [6, 6.07) is -0.370. The van der Waals surface area contributed by atoms with Gasteiger partial charge in [-0.25, -0.2) is 4.79 Å². The van der Waals surface area contributed by atoms with Gasteiger partial charge in [0.15, 0.2) is 5.82 Å². The molecule has 24 heavy (non-hydrogen) atoms. The molecule has 1 aliphatic rings. The first kappa shape index (κ1) is 18.7. The van der Waals surface area contributed by atoms with E-state index in [0.29, 0.717) is 11.7 Å². The normalized spacial score (nSPS) is 21.5. The molecule has 2 amide bonds. The van der Waals surface area contributed by atoms with Crippen molar-refractivity contribution in [3.05, 3.63) is 11.7 Å². The van der Waals surface area contributed by atoms with Crippen molar-refractivity contribution in [1.29, 1.82) is 0 Å². The highest BCUT2D eigenvalue weighted by molar-refractivity contribution is 5.74. The quantitative estimate of drug-likeness (QED) is 0.785. The Labute approximate surface area is 144 Å². The molecule has 2 rings (SSSR count). The van der Waals surface area contributed by atoms with Crippen LogP contribution in [0.1, 0.15) is 72.1 Å². The maximum absolute atomic E-state index is 12.5. The zero-order valence-corrected chi connectivity index (χ0v) is 15.9. The fourth-order valence-electron chi connectivity index (χ4n) is 3.75. The summed E-state index contributed by atoms with van der Waals surface area (Å²) < 4.78 is 5.23. The van der Waals surface area contributed by atoms with Gasteiger partial charge in [-0.1, -0.05) is 19.0 Å². The van der Waals surface area contributed by atoms with E-state index in [1.54, 1.807) is 6.92 Å². The van der Waals surface area contributed by atoms with Gasteiger partial charge in [-0.2, -0.15) is 4.98 Å². The molecule has 0 aromatic carbocycles. The number of aromatic nitrogens is 2. The molecule has 1 aliphatic heterocycles. The van der Waals surface area contributed by atoms with Crippen molar-refractivity contribution >= 4 is 6.03 Å². The lowest BCUT2D eigenvalue weighted by atomic mass is 9.80. The van der Waals surface area contributed by atoms with Crippen molar-refractivity contribution in [3.8, 4) is 0 Å². The Kier molecular flexibility index (Phi) is 5.22. The third kappa shape index (κ3) is 4.93. The number of nitrogens with one attached hydrogen (secondary N) is 3. The van der Waals surface area contributed by atoms with Crippen molar-refractivity contribution in [3.63, 3.8) is 0 Å². The molecular formula is C17H31N5O2. The van der Waals surface area contributed by atoms with E-state index >= 15 is 0 Å². The molecule has 2 heterocycles. The van der Waals surface area contributed by atoms with E-state index in [0.717, 1.165) is 12.8 Å². The number of carbonyl (C=O) groups is 1. The summed E-state index contributed by atoms with van der Waals surface area (Å²) in [5.41, 5.74) is -0.0263. The minimum absolute atomic E-state index is 0.0131. The number of nitrogens with zero attached hydrogens (tertiary/aromatic N) is 2. The van der Waals surface area contributed by atoms with Crippen LogP contribution in [-0.2, 0) is 0 Å². The number of carbonyl (C=O) groups excluding carboxylic acids is 1. The van der Waals surface area contributed by atoms with Crippen LogP contribution in [0.4, 0.5) is 4.79 Å². The number of hydrogen-bond acceptors (Lipinski definition) is 5. The molecule has 1 saturated heterocycles. The van der Waals surface area contributed by atoms with E-state index in [1.807, 2.05) is 13.8 Å². The number of aryl methyl sites for hydroxylation is 1. The third-order valence-electron chi connectivity index (χ3n) is 4.29.